The number of carbonyl (C=O) groups excluding carboxylic acids is 1. The Hall–Kier alpha value is -1.79. The van der Waals surface area contributed by atoms with Gasteiger partial charge in [0, 0.05) is 6.54 Å². The number of rotatable bonds is 4. The lowest BCUT2D eigenvalue weighted by Gasteiger charge is -2.17. The third-order valence-corrected chi connectivity index (χ3v) is 4.40. The fraction of sp³-hybridized carbons (Fsp3) is 0.562. The number of hydrogen-bond donors (Lipinski definition) is 4. The van der Waals surface area contributed by atoms with Crippen LogP contribution in [0, 0.1) is 0 Å². The molecule has 0 aromatic heterocycles. The van der Waals surface area contributed by atoms with E-state index in [4.69, 9.17) is 9.84 Å². The Bertz CT molecular complexity index is 549. The van der Waals surface area contributed by atoms with Crippen molar-refractivity contribution < 1.29 is 19.7 Å². The van der Waals surface area contributed by atoms with Crippen molar-refractivity contribution in [2.75, 3.05) is 13.2 Å². The van der Waals surface area contributed by atoms with Crippen LogP contribution in [0.15, 0.2) is 18.2 Å². The van der Waals surface area contributed by atoms with Gasteiger partial charge in [0.15, 0.2) is 0 Å². The molecule has 22 heavy (non-hydrogen) atoms. The van der Waals surface area contributed by atoms with Crippen molar-refractivity contribution in [3.63, 3.8) is 0 Å². The molecule has 0 saturated carbocycles. The summed E-state index contributed by atoms with van der Waals surface area (Å²) in [4.78, 5) is 12.0. The highest BCUT2D eigenvalue weighted by Gasteiger charge is 2.27. The van der Waals surface area contributed by atoms with E-state index in [2.05, 4.69) is 10.6 Å². The molecule has 1 saturated heterocycles. The number of phenols is 1. The minimum Gasteiger partial charge on any atom is -0.508 e. The van der Waals surface area contributed by atoms with Crippen molar-refractivity contribution in [1.29, 1.82) is 0 Å². The third-order valence-electron chi connectivity index (χ3n) is 4.40. The van der Waals surface area contributed by atoms with E-state index in [0.717, 1.165) is 31.2 Å². The summed E-state index contributed by atoms with van der Waals surface area (Å²) >= 11 is 0. The minimum absolute atomic E-state index is 0.0252. The minimum atomic E-state index is -0.225. The summed E-state index contributed by atoms with van der Waals surface area (Å²) in [5.74, 6) is 0.224. The van der Waals surface area contributed by atoms with Crippen LogP contribution in [-0.2, 0) is 11.2 Å². The number of amides is 2. The zero-order chi connectivity index (χ0) is 15.5. The highest BCUT2D eigenvalue weighted by Crippen LogP contribution is 2.33. The van der Waals surface area contributed by atoms with Crippen LogP contribution in [0.25, 0.3) is 0 Å². The Labute approximate surface area is 129 Å². The average Bonchev–Trinajstić information content (AvgIpc) is 3.12. The molecule has 1 fully saturated rings. The van der Waals surface area contributed by atoms with Crippen molar-refractivity contribution in [1.82, 2.24) is 10.6 Å². The number of aliphatic hydroxyl groups excluding tert-OH is 1. The van der Waals surface area contributed by atoms with Crippen LogP contribution < -0.4 is 10.6 Å². The predicted octanol–water partition coefficient (Wildman–Crippen LogP) is 1.22. The van der Waals surface area contributed by atoms with E-state index in [1.165, 1.54) is 5.56 Å². The molecule has 0 radical (unpaired) electrons. The van der Waals surface area contributed by atoms with Gasteiger partial charge < -0.3 is 25.6 Å². The SMILES string of the molecule is O=C(NC[C@H]1CC[C@@H](CO)O1)NC1CCc2ccc(O)cc21. The Morgan fingerprint density at radius 1 is 1.27 bits per heavy atom. The summed E-state index contributed by atoms with van der Waals surface area (Å²) in [6, 6.07) is 5.02. The quantitative estimate of drug-likeness (QED) is 0.673. The number of phenolic OH excluding ortho intramolecular Hbond substituents is 1. The van der Waals surface area contributed by atoms with Crippen molar-refractivity contribution >= 4 is 6.03 Å². The Morgan fingerprint density at radius 2 is 2.09 bits per heavy atom. The van der Waals surface area contributed by atoms with Crippen molar-refractivity contribution in [3.8, 4) is 5.75 Å². The Balaban J connectivity index is 1.48. The van der Waals surface area contributed by atoms with Crippen LogP contribution in [-0.4, -0.2) is 41.6 Å². The summed E-state index contributed by atoms with van der Waals surface area (Å²) in [5.41, 5.74) is 2.17. The van der Waals surface area contributed by atoms with Gasteiger partial charge in [-0.05, 0) is 48.9 Å². The molecule has 6 nitrogen and oxygen atoms in total. The molecular weight excluding hydrogens is 284 g/mol. The summed E-state index contributed by atoms with van der Waals surface area (Å²) < 4.78 is 5.58. The molecule has 2 aliphatic rings. The second kappa shape index (κ2) is 6.54. The lowest BCUT2D eigenvalue weighted by molar-refractivity contribution is 0.0134. The van der Waals surface area contributed by atoms with Crippen LogP contribution in [0.4, 0.5) is 4.79 Å². The van der Waals surface area contributed by atoms with Gasteiger partial charge in [0.25, 0.3) is 0 Å². The zero-order valence-electron chi connectivity index (χ0n) is 12.4. The second-order valence-corrected chi connectivity index (χ2v) is 5.97. The molecule has 1 unspecified atom stereocenters. The maximum Gasteiger partial charge on any atom is 0.315 e. The highest BCUT2D eigenvalue weighted by molar-refractivity contribution is 5.74. The van der Waals surface area contributed by atoms with Gasteiger partial charge in [-0.15, -0.1) is 0 Å². The largest absolute Gasteiger partial charge is 0.508 e. The molecule has 1 aliphatic heterocycles. The number of nitrogens with one attached hydrogen (secondary N) is 2. The summed E-state index contributed by atoms with van der Waals surface area (Å²) in [5, 5.41) is 24.4. The van der Waals surface area contributed by atoms with Crippen molar-refractivity contribution in [2.24, 2.45) is 0 Å². The maximum atomic E-state index is 12.0. The topological polar surface area (TPSA) is 90.8 Å². The van der Waals surface area contributed by atoms with Crippen LogP contribution in [0.1, 0.15) is 36.4 Å². The highest BCUT2D eigenvalue weighted by atomic mass is 16.5. The van der Waals surface area contributed by atoms with E-state index >= 15 is 0 Å². The summed E-state index contributed by atoms with van der Waals surface area (Å²) in [6.07, 6.45) is 3.32. The number of urea groups is 1. The average molecular weight is 306 g/mol. The van der Waals surface area contributed by atoms with Crippen molar-refractivity contribution in [2.45, 2.75) is 43.9 Å². The van der Waals surface area contributed by atoms with Gasteiger partial charge in [-0.3, -0.25) is 0 Å². The number of aliphatic hydroxyl groups is 1. The number of aromatic hydroxyl groups is 1. The molecule has 1 heterocycles. The molecule has 3 rings (SSSR count). The number of benzene rings is 1. The number of hydrogen-bond acceptors (Lipinski definition) is 4. The van der Waals surface area contributed by atoms with E-state index in [1.807, 2.05) is 6.07 Å². The van der Waals surface area contributed by atoms with Crippen molar-refractivity contribution in [3.05, 3.63) is 29.3 Å². The molecule has 1 aromatic rings. The molecule has 120 valence electrons. The smallest absolute Gasteiger partial charge is 0.315 e. The molecule has 1 aliphatic carbocycles. The van der Waals surface area contributed by atoms with E-state index in [1.54, 1.807) is 12.1 Å². The number of fused-ring (bicyclic) bond motifs is 1. The molecule has 0 spiro atoms. The van der Waals surface area contributed by atoms with E-state index in [-0.39, 0.29) is 36.6 Å². The lowest BCUT2D eigenvalue weighted by Crippen LogP contribution is -2.41. The van der Waals surface area contributed by atoms with Crippen LogP contribution >= 0.6 is 0 Å². The number of aryl methyl sites for hydroxylation is 1. The molecule has 2 amide bonds. The number of carbonyl (C=O) groups is 1. The van der Waals surface area contributed by atoms with Crippen LogP contribution in [0.5, 0.6) is 5.75 Å². The predicted molar refractivity (Wildman–Crippen MR) is 80.7 cm³/mol. The fourth-order valence-corrected chi connectivity index (χ4v) is 3.22. The molecule has 4 N–H and O–H groups in total. The first-order valence-corrected chi connectivity index (χ1v) is 7.78. The van der Waals surface area contributed by atoms with Gasteiger partial charge in [-0.25, -0.2) is 4.79 Å². The van der Waals surface area contributed by atoms with Crippen LogP contribution in [0.2, 0.25) is 0 Å². The first-order chi connectivity index (χ1) is 10.7. The Morgan fingerprint density at radius 3 is 2.86 bits per heavy atom. The molecule has 1 aromatic carbocycles. The van der Waals surface area contributed by atoms with Crippen LogP contribution in [0.3, 0.4) is 0 Å². The molecule has 0 bridgehead atoms. The first kappa shape index (κ1) is 15.1. The van der Waals surface area contributed by atoms with E-state index in [9.17, 15) is 9.90 Å². The van der Waals surface area contributed by atoms with Gasteiger partial charge in [-0.2, -0.15) is 0 Å². The van der Waals surface area contributed by atoms with E-state index < -0.39 is 0 Å². The monoisotopic (exact) mass is 306 g/mol. The fourth-order valence-electron chi connectivity index (χ4n) is 3.22. The zero-order valence-corrected chi connectivity index (χ0v) is 12.4. The molecular formula is C16H22N2O4. The van der Waals surface area contributed by atoms with Gasteiger partial charge >= 0.3 is 6.03 Å². The van der Waals surface area contributed by atoms with Gasteiger partial charge in [0.05, 0.1) is 24.9 Å². The normalized spacial score (nSPS) is 26.7. The van der Waals surface area contributed by atoms with Gasteiger partial charge in [0.2, 0.25) is 0 Å². The maximum absolute atomic E-state index is 12.0. The second-order valence-electron chi connectivity index (χ2n) is 5.97. The van der Waals surface area contributed by atoms with Gasteiger partial charge in [-0.1, -0.05) is 6.07 Å². The third kappa shape index (κ3) is 3.34. The molecule has 3 atom stereocenters. The molecule has 6 heteroatoms. The number of ether oxygens (including phenoxy) is 1. The Kier molecular flexibility index (Phi) is 4.49. The van der Waals surface area contributed by atoms with E-state index in [0.29, 0.717) is 6.54 Å². The lowest BCUT2D eigenvalue weighted by atomic mass is 10.1. The summed E-state index contributed by atoms with van der Waals surface area (Å²) in [6.45, 7) is 0.479. The summed E-state index contributed by atoms with van der Waals surface area (Å²) in [7, 11) is 0. The van der Waals surface area contributed by atoms with Gasteiger partial charge in [0.1, 0.15) is 5.75 Å². The standard InChI is InChI=1S/C16H22N2O4/c19-9-13-5-4-12(22-13)8-17-16(21)18-15-6-2-10-1-3-11(20)7-14(10)15/h1,3,7,12-13,15,19-20H,2,4-6,8-9H2,(H2,17,18,21)/t12-,13+,15?/m1/s1. The first-order valence-electron chi connectivity index (χ1n) is 7.78.